The summed E-state index contributed by atoms with van der Waals surface area (Å²) in [5.41, 5.74) is 3.92. The summed E-state index contributed by atoms with van der Waals surface area (Å²) < 4.78 is 1.11. The molecule has 28 heavy (non-hydrogen) atoms. The average molecular weight is 412 g/mol. The number of carboxylic acids is 1. The fraction of sp³-hybridized carbons (Fsp3) is 0.211. The number of benzene rings is 1. The smallest absolute Gasteiger partial charge is 0.355 e. The van der Waals surface area contributed by atoms with Gasteiger partial charge in [-0.05, 0) is 31.0 Å². The maximum atomic E-state index is 11.0. The Labute approximate surface area is 169 Å². The van der Waals surface area contributed by atoms with Gasteiger partial charge in [-0.25, -0.2) is 14.8 Å². The van der Waals surface area contributed by atoms with Crippen LogP contribution in [-0.4, -0.2) is 31.2 Å². The monoisotopic (exact) mass is 411 g/mol. The van der Waals surface area contributed by atoms with Crippen molar-refractivity contribution in [3.05, 3.63) is 57.2 Å². The number of rotatable bonds is 6. The first-order chi connectivity index (χ1) is 13.5. The standard InChI is InChI=1S/C19H17N5O2S2/c1-3-11-10(2)13(8-16-20-14(9-27-16)18(25)26)23-24-17(11)22-19-21-12-6-4-5-7-15(12)28-19/h4-7,9H,3,8H2,1-2H3,(H,25,26)(H,21,22,24). The molecule has 142 valence electrons. The van der Waals surface area contributed by atoms with Gasteiger partial charge in [0.15, 0.2) is 16.6 Å². The Morgan fingerprint density at radius 1 is 1.21 bits per heavy atom. The molecule has 0 saturated carbocycles. The Balaban J connectivity index is 1.62. The van der Waals surface area contributed by atoms with Gasteiger partial charge in [0, 0.05) is 17.4 Å². The second kappa shape index (κ2) is 7.61. The molecule has 0 atom stereocenters. The van der Waals surface area contributed by atoms with Gasteiger partial charge in [-0.1, -0.05) is 30.4 Å². The number of para-hydroxylation sites is 1. The summed E-state index contributed by atoms with van der Waals surface area (Å²) in [4.78, 5) is 19.8. The third-order valence-electron chi connectivity index (χ3n) is 4.40. The summed E-state index contributed by atoms with van der Waals surface area (Å²) >= 11 is 2.90. The largest absolute Gasteiger partial charge is 0.476 e. The number of thiazole rings is 2. The normalized spacial score (nSPS) is 11.1. The number of nitrogens with one attached hydrogen (secondary N) is 1. The van der Waals surface area contributed by atoms with Crippen LogP contribution >= 0.6 is 22.7 Å². The minimum Gasteiger partial charge on any atom is -0.476 e. The minimum atomic E-state index is -1.02. The molecule has 0 aliphatic carbocycles. The summed E-state index contributed by atoms with van der Waals surface area (Å²) in [6.45, 7) is 4.08. The second-order valence-corrected chi connectivity index (χ2v) is 8.15. The van der Waals surface area contributed by atoms with E-state index in [1.807, 2.05) is 31.2 Å². The molecule has 0 aliphatic rings. The van der Waals surface area contributed by atoms with Crippen LogP contribution in [0.4, 0.5) is 10.9 Å². The zero-order chi connectivity index (χ0) is 19.7. The first-order valence-corrected chi connectivity index (χ1v) is 10.4. The van der Waals surface area contributed by atoms with Gasteiger partial charge in [0.2, 0.25) is 0 Å². The lowest BCUT2D eigenvalue weighted by Crippen LogP contribution is -2.08. The average Bonchev–Trinajstić information content (AvgIpc) is 3.30. The number of hydrogen-bond acceptors (Lipinski definition) is 8. The van der Waals surface area contributed by atoms with E-state index in [0.717, 1.165) is 38.6 Å². The van der Waals surface area contributed by atoms with Crippen LogP contribution in [0.5, 0.6) is 0 Å². The van der Waals surface area contributed by atoms with Gasteiger partial charge in [-0.15, -0.1) is 16.4 Å². The van der Waals surface area contributed by atoms with Gasteiger partial charge < -0.3 is 10.4 Å². The number of carbonyl (C=O) groups is 1. The SMILES string of the molecule is CCc1c(Nc2nc3ccccc3s2)nnc(Cc2nc(C(=O)O)cs2)c1C. The number of hydrogen-bond donors (Lipinski definition) is 2. The van der Waals surface area contributed by atoms with Crippen molar-refractivity contribution in [1.82, 2.24) is 20.2 Å². The summed E-state index contributed by atoms with van der Waals surface area (Å²) in [6, 6.07) is 7.99. The molecule has 0 aliphatic heterocycles. The number of aromatic carboxylic acids is 1. The molecule has 0 saturated heterocycles. The summed E-state index contributed by atoms with van der Waals surface area (Å²) in [6.07, 6.45) is 1.25. The van der Waals surface area contributed by atoms with Crippen LogP contribution in [0.1, 0.15) is 39.2 Å². The number of nitrogens with zero attached hydrogens (tertiary/aromatic N) is 4. The van der Waals surface area contributed by atoms with Crippen molar-refractivity contribution < 1.29 is 9.90 Å². The predicted molar refractivity (Wildman–Crippen MR) is 111 cm³/mol. The number of carboxylic acid groups (broad SMARTS) is 1. The van der Waals surface area contributed by atoms with Gasteiger partial charge in [0.1, 0.15) is 0 Å². The number of aromatic nitrogens is 4. The maximum Gasteiger partial charge on any atom is 0.355 e. The second-order valence-electron chi connectivity index (χ2n) is 6.17. The lowest BCUT2D eigenvalue weighted by molar-refractivity contribution is 0.0691. The van der Waals surface area contributed by atoms with Crippen molar-refractivity contribution in [1.29, 1.82) is 0 Å². The molecule has 3 heterocycles. The highest BCUT2D eigenvalue weighted by molar-refractivity contribution is 7.22. The quantitative estimate of drug-likeness (QED) is 0.483. The first kappa shape index (κ1) is 18.5. The van der Waals surface area contributed by atoms with Crippen LogP contribution in [0.25, 0.3) is 10.2 Å². The van der Waals surface area contributed by atoms with Crippen molar-refractivity contribution in [2.24, 2.45) is 0 Å². The highest BCUT2D eigenvalue weighted by Gasteiger charge is 2.16. The van der Waals surface area contributed by atoms with Crippen LogP contribution in [0, 0.1) is 6.92 Å². The van der Waals surface area contributed by atoms with E-state index in [0.29, 0.717) is 17.2 Å². The van der Waals surface area contributed by atoms with E-state index in [-0.39, 0.29) is 5.69 Å². The maximum absolute atomic E-state index is 11.0. The minimum absolute atomic E-state index is 0.0652. The van der Waals surface area contributed by atoms with Gasteiger partial charge in [0.05, 0.1) is 20.9 Å². The van der Waals surface area contributed by atoms with Gasteiger partial charge in [-0.3, -0.25) is 0 Å². The van der Waals surface area contributed by atoms with E-state index in [2.05, 4.69) is 32.4 Å². The Morgan fingerprint density at radius 2 is 2.04 bits per heavy atom. The summed E-state index contributed by atoms with van der Waals surface area (Å²) in [5, 5.41) is 24.1. The molecule has 3 aromatic heterocycles. The lowest BCUT2D eigenvalue weighted by atomic mass is 10.0. The topological polar surface area (TPSA) is 101 Å². The van der Waals surface area contributed by atoms with E-state index < -0.39 is 5.97 Å². The lowest BCUT2D eigenvalue weighted by Gasteiger charge is -2.12. The molecule has 7 nitrogen and oxygen atoms in total. The van der Waals surface area contributed by atoms with E-state index in [1.54, 1.807) is 16.7 Å². The molecule has 0 bridgehead atoms. The third-order valence-corrected chi connectivity index (χ3v) is 6.21. The Hall–Kier alpha value is -2.91. The van der Waals surface area contributed by atoms with Crippen LogP contribution in [-0.2, 0) is 12.8 Å². The molecule has 4 aromatic rings. The molecule has 1 aromatic carbocycles. The third kappa shape index (κ3) is 3.58. The Morgan fingerprint density at radius 3 is 2.75 bits per heavy atom. The van der Waals surface area contributed by atoms with E-state index in [4.69, 9.17) is 5.11 Å². The molecule has 0 unspecified atom stereocenters. The van der Waals surface area contributed by atoms with E-state index in [9.17, 15) is 4.79 Å². The van der Waals surface area contributed by atoms with Crippen LogP contribution in [0.3, 0.4) is 0 Å². The van der Waals surface area contributed by atoms with Crippen molar-refractivity contribution >= 4 is 49.8 Å². The van der Waals surface area contributed by atoms with Crippen molar-refractivity contribution in [3.63, 3.8) is 0 Å². The molecule has 9 heteroatoms. The van der Waals surface area contributed by atoms with Crippen molar-refractivity contribution in [2.75, 3.05) is 5.32 Å². The fourth-order valence-electron chi connectivity index (χ4n) is 2.96. The number of fused-ring (bicyclic) bond motifs is 1. The molecular weight excluding hydrogens is 394 g/mol. The zero-order valence-corrected chi connectivity index (χ0v) is 16.9. The predicted octanol–water partition coefficient (Wildman–Crippen LogP) is 4.45. The molecule has 0 radical (unpaired) electrons. The molecule has 4 rings (SSSR count). The molecule has 0 spiro atoms. The number of anilines is 2. The zero-order valence-electron chi connectivity index (χ0n) is 15.3. The van der Waals surface area contributed by atoms with Crippen LogP contribution in [0.2, 0.25) is 0 Å². The van der Waals surface area contributed by atoms with E-state index in [1.165, 1.54) is 11.3 Å². The fourth-order valence-corrected chi connectivity index (χ4v) is 4.60. The Kier molecular flexibility index (Phi) is 5.01. The van der Waals surface area contributed by atoms with Crippen LogP contribution in [0.15, 0.2) is 29.6 Å². The highest BCUT2D eigenvalue weighted by Crippen LogP contribution is 2.30. The van der Waals surface area contributed by atoms with Gasteiger partial charge >= 0.3 is 5.97 Å². The highest BCUT2D eigenvalue weighted by atomic mass is 32.1. The van der Waals surface area contributed by atoms with Crippen LogP contribution < -0.4 is 5.32 Å². The van der Waals surface area contributed by atoms with E-state index >= 15 is 0 Å². The molecule has 2 N–H and O–H groups in total. The van der Waals surface area contributed by atoms with Gasteiger partial charge in [-0.2, -0.15) is 5.10 Å². The molecule has 0 amide bonds. The molecular formula is C19H17N5O2S2. The van der Waals surface area contributed by atoms with Gasteiger partial charge in [0.25, 0.3) is 0 Å². The summed E-state index contributed by atoms with van der Waals surface area (Å²) in [7, 11) is 0. The Bertz CT molecular complexity index is 1140. The van der Waals surface area contributed by atoms with Crippen molar-refractivity contribution in [2.45, 2.75) is 26.7 Å². The summed E-state index contributed by atoms with van der Waals surface area (Å²) in [5.74, 6) is -0.317. The van der Waals surface area contributed by atoms with Crippen molar-refractivity contribution in [3.8, 4) is 0 Å². The first-order valence-electron chi connectivity index (χ1n) is 8.70. The molecule has 0 fully saturated rings.